The lowest BCUT2D eigenvalue weighted by molar-refractivity contribution is 0.323. The summed E-state index contributed by atoms with van der Waals surface area (Å²) in [7, 11) is -1.28. The highest BCUT2D eigenvalue weighted by atomic mass is 28.3. The summed E-state index contributed by atoms with van der Waals surface area (Å²) in [4.78, 5) is 0. The van der Waals surface area contributed by atoms with Crippen molar-refractivity contribution in [1.82, 2.24) is 0 Å². The Morgan fingerprint density at radius 3 is 0.968 bits per heavy atom. The van der Waals surface area contributed by atoms with Gasteiger partial charge >= 0.3 is 0 Å². The zero-order chi connectivity index (χ0) is 49.4. The lowest BCUT2D eigenvalue weighted by Gasteiger charge is -2.20. The van der Waals surface area contributed by atoms with E-state index < -0.39 is 16.1 Å². The molecule has 0 unspecified atom stereocenters. The summed E-state index contributed by atoms with van der Waals surface area (Å²) in [5.74, 6) is 1.54. The molecule has 0 aromatic heterocycles. The van der Waals surface area contributed by atoms with Crippen molar-refractivity contribution in [3.63, 3.8) is 0 Å². The second-order valence-electron chi connectivity index (χ2n) is 23.9. The monoisotopic (exact) mass is 891 g/mol. The van der Waals surface area contributed by atoms with Crippen molar-refractivity contribution in [2.75, 3.05) is 0 Å². The Morgan fingerprint density at radius 2 is 0.790 bits per heavy atom. The third kappa shape index (κ3) is 47.6. The molecule has 1 fully saturated rings. The van der Waals surface area contributed by atoms with E-state index in [1.165, 1.54) is 96.5 Å². The normalized spacial score (nSPS) is 13.0. The van der Waals surface area contributed by atoms with Crippen LogP contribution in [0.3, 0.4) is 0 Å². The standard InChI is InChI=1S/C12H18.C10H14.C8H10.C8H16.C7H18Si.C6H14.C5H12.C4H12Si/c1-10-5-7-11(8-6-10)9-12(2,3)4;1-8(2)10-6-4-9(3)5-7-10;1-7-3-5-8(2)6-4-7;1-3-8(2)6-4-5-7-8;1-5-8(4,6-2)7-3;1-5-6(2,3)4;1-4-5(2)3;1-5(2,3)4/h5-8H,9H2,1-4H3;4-8H,1-3H3;3-6H,1-2H3;3-7H2,1-2H3;5-7H2,1-4H3;5H2,1-4H3;5H,4H2,1-3H3;1-4H3. The third-order valence-electron chi connectivity index (χ3n) is 11.9. The molecule has 0 nitrogen and oxygen atoms in total. The first-order chi connectivity index (χ1) is 28.2. The topological polar surface area (TPSA) is 0 Å². The summed E-state index contributed by atoms with van der Waals surface area (Å²) in [5, 5.41) is 0. The number of aryl methyl sites for hydroxylation is 4. The van der Waals surface area contributed by atoms with Gasteiger partial charge in [-0.25, -0.2) is 0 Å². The van der Waals surface area contributed by atoms with Crippen LogP contribution in [0.5, 0.6) is 0 Å². The molecule has 1 aliphatic rings. The molecule has 0 atom stereocenters. The molecule has 0 heterocycles. The maximum Gasteiger partial charge on any atom is 0.0496 e. The Balaban J connectivity index is -0.000000315. The lowest BCUT2D eigenvalue weighted by atomic mass is 9.86. The minimum Gasteiger partial charge on any atom is -0.0697 e. The van der Waals surface area contributed by atoms with E-state index in [1.807, 2.05) is 0 Å². The summed E-state index contributed by atoms with van der Waals surface area (Å²) in [6, 6.07) is 30.4. The minimum absolute atomic E-state index is 0.398. The maximum absolute atomic E-state index is 2.49. The predicted molar refractivity (Wildman–Crippen MR) is 300 cm³/mol. The molecular weight excluding hydrogens is 777 g/mol. The SMILES string of the molecule is CCC(C)(C)C.CCC(C)C.CCC1(C)CCCC1.CC[Si](C)(CC)CC.C[Si](C)(C)C.Cc1ccc(C(C)C)cc1.Cc1ccc(C)cc1.Cc1ccc(CC(C)(C)C)cc1. The van der Waals surface area contributed by atoms with E-state index in [1.54, 1.807) is 0 Å². The summed E-state index contributed by atoms with van der Waals surface area (Å²) >= 11 is 0. The van der Waals surface area contributed by atoms with Gasteiger partial charge in [-0.15, -0.1) is 0 Å². The summed E-state index contributed by atoms with van der Waals surface area (Å²) < 4.78 is 0. The largest absolute Gasteiger partial charge is 0.0697 e. The van der Waals surface area contributed by atoms with Crippen LogP contribution in [0, 0.1) is 49.9 Å². The Kier molecular flexibility index (Phi) is 38.0. The van der Waals surface area contributed by atoms with Crippen LogP contribution < -0.4 is 0 Å². The molecule has 1 saturated carbocycles. The number of rotatable bonds is 7. The molecule has 0 bridgehead atoms. The number of hydrogen-bond acceptors (Lipinski definition) is 0. The van der Waals surface area contributed by atoms with Gasteiger partial charge < -0.3 is 0 Å². The van der Waals surface area contributed by atoms with Crippen molar-refractivity contribution in [3.8, 4) is 0 Å². The van der Waals surface area contributed by atoms with Gasteiger partial charge in [0.25, 0.3) is 0 Å². The Labute approximate surface area is 396 Å². The van der Waals surface area contributed by atoms with Crippen molar-refractivity contribution in [2.45, 2.75) is 254 Å². The second-order valence-corrected chi connectivity index (χ2v) is 35.6. The summed E-state index contributed by atoms with van der Waals surface area (Å²) in [5.41, 5.74) is 9.87. The highest BCUT2D eigenvalue weighted by Gasteiger charge is 2.25. The molecule has 1 aliphatic carbocycles. The molecule has 4 rings (SSSR count). The van der Waals surface area contributed by atoms with Crippen molar-refractivity contribution in [1.29, 1.82) is 0 Å². The molecule has 3 aromatic carbocycles. The number of hydrogen-bond donors (Lipinski definition) is 0. The van der Waals surface area contributed by atoms with Crippen molar-refractivity contribution in [3.05, 3.63) is 106 Å². The fraction of sp³-hybridized carbons (Fsp3) is 0.700. The van der Waals surface area contributed by atoms with Gasteiger partial charge in [0.05, 0.1) is 0 Å². The molecule has 362 valence electrons. The van der Waals surface area contributed by atoms with Crippen LogP contribution in [0.25, 0.3) is 0 Å². The maximum atomic E-state index is 2.49. The van der Waals surface area contributed by atoms with Gasteiger partial charge in [-0.2, -0.15) is 0 Å². The smallest absolute Gasteiger partial charge is 0.0496 e. The van der Waals surface area contributed by atoms with Crippen molar-refractivity contribution < 1.29 is 0 Å². The first kappa shape index (κ1) is 66.7. The van der Waals surface area contributed by atoms with Crippen LogP contribution in [0.4, 0.5) is 0 Å². The molecule has 2 heteroatoms. The highest BCUT2D eigenvalue weighted by molar-refractivity contribution is 6.78. The molecular formula is C60H114Si2. The van der Waals surface area contributed by atoms with Crippen molar-refractivity contribution in [2.24, 2.45) is 22.2 Å². The minimum atomic E-state index is -0.671. The summed E-state index contributed by atoms with van der Waals surface area (Å²) in [6.07, 6.45) is 11.0. The van der Waals surface area contributed by atoms with Gasteiger partial charge in [0.1, 0.15) is 0 Å². The van der Waals surface area contributed by atoms with Crippen LogP contribution >= 0.6 is 0 Å². The van der Waals surface area contributed by atoms with Gasteiger partial charge in [-0.3, -0.25) is 0 Å². The van der Waals surface area contributed by atoms with Gasteiger partial charge in [-0.05, 0) is 86.2 Å². The molecule has 3 aromatic rings. The van der Waals surface area contributed by atoms with E-state index >= 15 is 0 Å². The van der Waals surface area contributed by atoms with E-state index in [-0.39, 0.29) is 0 Å². The molecule has 0 radical (unpaired) electrons. The fourth-order valence-corrected chi connectivity index (χ4v) is 6.74. The third-order valence-corrected chi connectivity index (χ3v) is 17.0. The Bertz CT molecular complexity index is 1350. The average molecular weight is 892 g/mol. The molecule has 0 aliphatic heterocycles. The lowest BCUT2D eigenvalue weighted by Crippen LogP contribution is -2.25. The molecule has 0 N–H and O–H groups in total. The van der Waals surface area contributed by atoms with Gasteiger partial charge in [0.2, 0.25) is 0 Å². The van der Waals surface area contributed by atoms with E-state index in [4.69, 9.17) is 0 Å². The van der Waals surface area contributed by atoms with E-state index in [2.05, 4.69) is 251 Å². The molecule has 62 heavy (non-hydrogen) atoms. The van der Waals surface area contributed by atoms with E-state index in [0.717, 1.165) is 17.8 Å². The highest BCUT2D eigenvalue weighted by Crippen LogP contribution is 2.39. The first-order valence-corrected chi connectivity index (χ1v) is 32.5. The molecule has 0 spiro atoms. The Hall–Kier alpha value is -1.91. The predicted octanol–water partition coefficient (Wildman–Crippen LogP) is 21.6. The van der Waals surface area contributed by atoms with Crippen LogP contribution in [0.2, 0.25) is 50.9 Å². The van der Waals surface area contributed by atoms with E-state index in [9.17, 15) is 0 Å². The second kappa shape index (κ2) is 35.4. The summed E-state index contributed by atoms with van der Waals surface area (Å²) in [6.45, 7) is 58.8. The van der Waals surface area contributed by atoms with Gasteiger partial charge in [0, 0.05) is 16.1 Å². The quantitative estimate of drug-likeness (QED) is 0.207. The van der Waals surface area contributed by atoms with Gasteiger partial charge in [0.15, 0.2) is 0 Å². The van der Waals surface area contributed by atoms with Gasteiger partial charge in [-0.1, -0.05) is 296 Å². The molecule has 0 amide bonds. The average Bonchev–Trinajstić information content (AvgIpc) is 3.63. The van der Waals surface area contributed by atoms with Crippen molar-refractivity contribution >= 4 is 16.1 Å². The zero-order valence-corrected chi connectivity index (χ0v) is 49.4. The Morgan fingerprint density at radius 1 is 0.516 bits per heavy atom. The first-order valence-electron chi connectivity index (χ1n) is 25.4. The molecule has 0 saturated heterocycles. The van der Waals surface area contributed by atoms with Crippen LogP contribution in [-0.2, 0) is 6.42 Å². The van der Waals surface area contributed by atoms with E-state index in [0.29, 0.717) is 16.7 Å². The number of benzene rings is 3. The fourth-order valence-electron chi connectivity index (χ4n) is 5.24. The zero-order valence-electron chi connectivity index (χ0n) is 47.4. The van der Waals surface area contributed by atoms with Crippen LogP contribution in [-0.4, -0.2) is 16.1 Å². The van der Waals surface area contributed by atoms with Crippen LogP contribution in [0.15, 0.2) is 72.8 Å². The van der Waals surface area contributed by atoms with Crippen LogP contribution in [0.1, 0.15) is 202 Å².